The highest BCUT2D eigenvalue weighted by molar-refractivity contribution is 9.10. The first-order valence-electron chi connectivity index (χ1n) is 12.3. The first kappa shape index (κ1) is 29.7. The lowest BCUT2D eigenvalue weighted by atomic mass is 10.1. The molecule has 1 N–H and O–H groups in total. The van der Waals surface area contributed by atoms with Gasteiger partial charge in [-0.25, -0.2) is 8.42 Å². The zero-order valence-corrected chi connectivity index (χ0v) is 24.5. The number of benzene rings is 3. The number of nitrogens with one attached hydrogen (secondary N) is 1. The van der Waals surface area contributed by atoms with Crippen LogP contribution in [0.4, 0.5) is 5.69 Å². The lowest BCUT2D eigenvalue weighted by Crippen LogP contribution is -2.51. The van der Waals surface area contributed by atoms with Gasteiger partial charge in [0.25, 0.3) is 10.0 Å². The van der Waals surface area contributed by atoms with E-state index >= 15 is 0 Å². The van der Waals surface area contributed by atoms with Crippen molar-refractivity contribution in [1.29, 1.82) is 0 Å². The first-order chi connectivity index (χ1) is 18.1. The van der Waals surface area contributed by atoms with Crippen LogP contribution in [0, 0.1) is 0 Å². The van der Waals surface area contributed by atoms with Crippen LogP contribution >= 0.6 is 27.5 Å². The van der Waals surface area contributed by atoms with E-state index in [0.717, 1.165) is 27.2 Å². The summed E-state index contributed by atoms with van der Waals surface area (Å²) in [5, 5.41) is 3.31. The molecule has 202 valence electrons. The van der Waals surface area contributed by atoms with Crippen molar-refractivity contribution < 1.29 is 18.0 Å². The number of hydrogen-bond acceptors (Lipinski definition) is 4. The fraction of sp³-hybridized carbons (Fsp3) is 0.286. The third-order valence-electron chi connectivity index (χ3n) is 5.99. The smallest absolute Gasteiger partial charge is 0.264 e. The molecule has 0 aromatic heterocycles. The molecule has 0 bridgehead atoms. The maximum absolute atomic E-state index is 13.8. The molecule has 3 aromatic rings. The van der Waals surface area contributed by atoms with Gasteiger partial charge in [-0.05, 0) is 67.4 Å². The van der Waals surface area contributed by atoms with Crippen molar-refractivity contribution in [2.24, 2.45) is 0 Å². The fourth-order valence-corrected chi connectivity index (χ4v) is 5.59. The zero-order chi connectivity index (χ0) is 27.7. The van der Waals surface area contributed by atoms with Crippen LogP contribution in [0.2, 0.25) is 5.02 Å². The Balaban J connectivity index is 1.97. The molecule has 0 aliphatic carbocycles. The topological polar surface area (TPSA) is 86.8 Å². The van der Waals surface area contributed by atoms with Crippen molar-refractivity contribution in [2.45, 2.75) is 44.2 Å². The second-order valence-electron chi connectivity index (χ2n) is 8.77. The third-order valence-corrected chi connectivity index (χ3v) is 8.56. The Kier molecular flexibility index (Phi) is 10.8. The number of sulfonamides is 1. The van der Waals surface area contributed by atoms with E-state index in [1.54, 1.807) is 49.4 Å². The molecule has 0 saturated heterocycles. The van der Waals surface area contributed by atoms with Gasteiger partial charge < -0.3 is 10.2 Å². The fourth-order valence-electron chi connectivity index (χ4n) is 3.76. The Bertz CT molecular complexity index is 1320. The average molecular weight is 621 g/mol. The SMILES string of the molecule is CCCCNC(=O)[C@@H](C)N(Cc1ccc(Br)cc1)C(=O)CN(c1ccc(Cl)cc1)S(=O)(=O)c1ccccc1. The molecule has 0 saturated carbocycles. The summed E-state index contributed by atoms with van der Waals surface area (Å²) >= 11 is 9.45. The maximum atomic E-state index is 13.8. The van der Waals surface area contributed by atoms with E-state index in [-0.39, 0.29) is 23.0 Å². The van der Waals surface area contributed by atoms with Crippen molar-refractivity contribution in [1.82, 2.24) is 10.2 Å². The van der Waals surface area contributed by atoms with Crippen molar-refractivity contribution >= 4 is 55.1 Å². The van der Waals surface area contributed by atoms with Gasteiger partial charge in [-0.1, -0.05) is 71.2 Å². The average Bonchev–Trinajstić information content (AvgIpc) is 2.92. The van der Waals surface area contributed by atoms with Gasteiger partial charge in [-0.3, -0.25) is 13.9 Å². The molecule has 0 aliphatic rings. The Morgan fingerprint density at radius 1 is 0.974 bits per heavy atom. The van der Waals surface area contributed by atoms with Crippen LogP contribution in [0.15, 0.2) is 88.2 Å². The van der Waals surface area contributed by atoms with E-state index in [1.807, 2.05) is 31.2 Å². The van der Waals surface area contributed by atoms with Crippen LogP contribution in [0.3, 0.4) is 0 Å². The normalized spacial score (nSPS) is 12.0. The summed E-state index contributed by atoms with van der Waals surface area (Å²) < 4.78 is 29.3. The van der Waals surface area contributed by atoms with Crippen molar-refractivity contribution in [2.75, 3.05) is 17.4 Å². The molecule has 0 radical (unpaired) electrons. The monoisotopic (exact) mass is 619 g/mol. The molecule has 0 aliphatic heterocycles. The summed E-state index contributed by atoms with van der Waals surface area (Å²) in [5.41, 5.74) is 1.09. The molecule has 2 amide bonds. The molecule has 0 heterocycles. The summed E-state index contributed by atoms with van der Waals surface area (Å²) in [5.74, 6) is -0.812. The van der Waals surface area contributed by atoms with Gasteiger partial charge in [-0.2, -0.15) is 0 Å². The zero-order valence-electron chi connectivity index (χ0n) is 21.3. The highest BCUT2D eigenvalue weighted by Gasteiger charge is 2.32. The van der Waals surface area contributed by atoms with Gasteiger partial charge in [0.15, 0.2) is 0 Å². The number of amides is 2. The second-order valence-corrected chi connectivity index (χ2v) is 12.0. The summed E-state index contributed by atoms with van der Waals surface area (Å²) in [7, 11) is -4.10. The number of halogens is 2. The van der Waals surface area contributed by atoms with E-state index in [2.05, 4.69) is 21.2 Å². The largest absolute Gasteiger partial charge is 0.354 e. The van der Waals surface area contributed by atoms with Crippen LogP contribution in [0.1, 0.15) is 32.3 Å². The van der Waals surface area contributed by atoms with Crippen LogP contribution < -0.4 is 9.62 Å². The van der Waals surface area contributed by atoms with Crippen LogP contribution in [0.25, 0.3) is 0 Å². The van der Waals surface area contributed by atoms with Crippen LogP contribution in [0.5, 0.6) is 0 Å². The van der Waals surface area contributed by atoms with Crippen molar-refractivity contribution in [3.05, 3.63) is 93.9 Å². The predicted octanol–water partition coefficient (Wildman–Crippen LogP) is 5.63. The van der Waals surface area contributed by atoms with Gasteiger partial charge in [-0.15, -0.1) is 0 Å². The number of carbonyl (C=O) groups is 2. The molecular weight excluding hydrogens is 590 g/mol. The molecule has 0 spiro atoms. The number of anilines is 1. The van der Waals surface area contributed by atoms with E-state index in [9.17, 15) is 18.0 Å². The molecule has 0 unspecified atom stereocenters. The number of hydrogen-bond donors (Lipinski definition) is 1. The van der Waals surface area contributed by atoms with Gasteiger partial charge >= 0.3 is 0 Å². The molecule has 0 fully saturated rings. The van der Waals surface area contributed by atoms with Crippen molar-refractivity contribution in [3.8, 4) is 0 Å². The van der Waals surface area contributed by atoms with E-state index < -0.39 is 28.5 Å². The number of nitrogens with zero attached hydrogens (tertiary/aromatic N) is 2. The maximum Gasteiger partial charge on any atom is 0.264 e. The summed E-state index contributed by atoms with van der Waals surface area (Å²) in [6, 6.07) is 20.7. The molecule has 1 atom stereocenters. The minimum Gasteiger partial charge on any atom is -0.354 e. The quantitative estimate of drug-likeness (QED) is 0.266. The van der Waals surface area contributed by atoms with Gasteiger partial charge in [0.1, 0.15) is 12.6 Å². The molecule has 10 heteroatoms. The molecular formula is C28H31BrClN3O4S. The van der Waals surface area contributed by atoms with Gasteiger partial charge in [0.05, 0.1) is 10.6 Å². The second kappa shape index (κ2) is 13.8. The molecule has 38 heavy (non-hydrogen) atoms. The predicted molar refractivity (Wildman–Crippen MR) is 154 cm³/mol. The minimum absolute atomic E-state index is 0.0487. The summed E-state index contributed by atoms with van der Waals surface area (Å²) in [6.07, 6.45) is 1.74. The standard InChI is InChI=1S/C28H31BrClN3O4S/c1-3-4-18-31-28(35)21(2)32(19-22-10-12-23(29)13-11-22)27(34)20-33(25-16-14-24(30)15-17-25)38(36,37)26-8-6-5-7-9-26/h5-17,21H,3-4,18-20H2,1-2H3,(H,31,35)/t21-/m1/s1. The lowest BCUT2D eigenvalue weighted by Gasteiger charge is -2.32. The van der Waals surface area contributed by atoms with E-state index in [1.165, 1.54) is 17.0 Å². The Labute approximate surface area is 238 Å². The van der Waals surface area contributed by atoms with Crippen LogP contribution in [-0.4, -0.2) is 44.3 Å². The van der Waals surface area contributed by atoms with E-state index in [0.29, 0.717) is 11.6 Å². The summed E-state index contributed by atoms with van der Waals surface area (Å²) in [4.78, 5) is 28.2. The number of unbranched alkanes of at least 4 members (excludes halogenated alkanes) is 1. The third kappa shape index (κ3) is 7.82. The molecule has 7 nitrogen and oxygen atoms in total. The number of rotatable bonds is 12. The lowest BCUT2D eigenvalue weighted by molar-refractivity contribution is -0.139. The highest BCUT2D eigenvalue weighted by atomic mass is 79.9. The summed E-state index contributed by atoms with van der Waals surface area (Å²) in [6.45, 7) is 3.81. The van der Waals surface area contributed by atoms with E-state index in [4.69, 9.17) is 11.6 Å². The Hall–Kier alpha value is -2.88. The van der Waals surface area contributed by atoms with Crippen molar-refractivity contribution in [3.63, 3.8) is 0 Å². The minimum atomic E-state index is -4.10. The Morgan fingerprint density at radius 3 is 2.21 bits per heavy atom. The number of carbonyl (C=O) groups excluding carboxylic acids is 2. The highest BCUT2D eigenvalue weighted by Crippen LogP contribution is 2.26. The van der Waals surface area contributed by atoms with Crippen LogP contribution in [-0.2, 0) is 26.2 Å². The van der Waals surface area contributed by atoms with Gasteiger partial charge in [0.2, 0.25) is 11.8 Å². The van der Waals surface area contributed by atoms with Gasteiger partial charge in [0, 0.05) is 22.6 Å². The molecule has 3 aromatic carbocycles. The first-order valence-corrected chi connectivity index (χ1v) is 14.9. The Morgan fingerprint density at radius 2 is 1.61 bits per heavy atom. The molecule has 3 rings (SSSR count).